The first-order valence-corrected chi connectivity index (χ1v) is 7.60. The van der Waals surface area contributed by atoms with Crippen LogP contribution in [0.25, 0.3) is 10.4 Å². The predicted molar refractivity (Wildman–Crippen MR) is 80.0 cm³/mol. The molecule has 0 amide bonds. The number of hydrogen-bond acceptors (Lipinski definition) is 5. The maximum Gasteiger partial charge on any atom is 0.135 e. The van der Waals surface area contributed by atoms with Gasteiger partial charge in [-0.1, -0.05) is 23.0 Å². The Morgan fingerprint density at radius 3 is 2.65 bits per heavy atom. The summed E-state index contributed by atoms with van der Waals surface area (Å²) in [6.07, 6.45) is 7.41. The van der Waals surface area contributed by atoms with Gasteiger partial charge < -0.3 is 9.47 Å². The minimum Gasteiger partial charge on any atom is -0.493 e. The fourth-order valence-corrected chi connectivity index (χ4v) is 2.43. The minimum absolute atomic E-state index is 0.732. The normalized spacial score (nSPS) is 10.7. The third kappa shape index (κ3) is 4.58. The second kappa shape index (κ2) is 8.66. The van der Waals surface area contributed by atoms with Gasteiger partial charge in [-0.15, -0.1) is 5.10 Å². The molecule has 0 aliphatic heterocycles. The highest BCUT2D eigenvalue weighted by Gasteiger charge is 2.08. The fraction of sp³-hybridized carbons (Fsp3) is 0.467. The molecule has 0 spiro atoms. The van der Waals surface area contributed by atoms with Crippen LogP contribution in [0.4, 0.5) is 0 Å². The molecule has 0 aliphatic carbocycles. The van der Waals surface area contributed by atoms with Crippen LogP contribution in [0.15, 0.2) is 24.3 Å². The number of hydrogen-bond donors (Lipinski definition) is 0. The molecule has 1 aromatic carbocycles. The summed E-state index contributed by atoms with van der Waals surface area (Å²) in [7, 11) is 1.74. The molecule has 2 aromatic rings. The Morgan fingerprint density at radius 2 is 1.90 bits per heavy atom. The maximum atomic E-state index is 5.87. The van der Waals surface area contributed by atoms with Gasteiger partial charge in [0.15, 0.2) is 0 Å². The highest BCUT2D eigenvalue weighted by Crippen LogP contribution is 2.31. The summed E-state index contributed by atoms with van der Waals surface area (Å²) >= 11 is 1.33. The second-order valence-electron chi connectivity index (χ2n) is 4.47. The molecule has 0 saturated heterocycles. The highest BCUT2D eigenvalue weighted by molar-refractivity contribution is 7.09. The number of benzene rings is 1. The molecule has 0 saturated carbocycles. The van der Waals surface area contributed by atoms with Crippen LogP contribution >= 0.6 is 11.5 Å². The van der Waals surface area contributed by atoms with Gasteiger partial charge in [0.25, 0.3) is 0 Å². The Balaban J connectivity index is 1.79. The van der Waals surface area contributed by atoms with E-state index in [9.17, 15) is 0 Å². The van der Waals surface area contributed by atoms with E-state index in [1.807, 2.05) is 24.3 Å². The van der Waals surface area contributed by atoms with Crippen LogP contribution in [0.1, 0.15) is 25.7 Å². The van der Waals surface area contributed by atoms with E-state index in [0.29, 0.717) is 0 Å². The Bertz CT molecular complexity index is 488. The van der Waals surface area contributed by atoms with Crippen molar-refractivity contribution in [2.75, 3.05) is 20.3 Å². The van der Waals surface area contributed by atoms with Gasteiger partial charge in [-0.3, -0.25) is 0 Å². The van der Waals surface area contributed by atoms with Crippen molar-refractivity contribution in [3.8, 4) is 16.2 Å². The minimum atomic E-state index is 0.732. The second-order valence-corrected chi connectivity index (χ2v) is 5.22. The first kappa shape index (κ1) is 14.9. The summed E-state index contributed by atoms with van der Waals surface area (Å²) in [4.78, 5) is 0.917. The summed E-state index contributed by atoms with van der Waals surface area (Å²) in [6, 6.07) is 7.96. The monoisotopic (exact) mass is 291 g/mol. The molecule has 0 N–H and O–H groups in total. The molecule has 107 valence electrons. The molecule has 0 unspecified atom stereocenters. The van der Waals surface area contributed by atoms with Gasteiger partial charge in [0, 0.05) is 19.3 Å². The summed E-state index contributed by atoms with van der Waals surface area (Å²) in [6.45, 7) is 1.58. The lowest BCUT2D eigenvalue weighted by atomic mass is 10.2. The number of nitrogens with zero attached hydrogens (tertiary/aromatic N) is 2. The molecule has 1 radical (unpaired) electrons. The van der Waals surface area contributed by atoms with Crippen LogP contribution in [-0.2, 0) is 4.74 Å². The topological polar surface area (TPSA) is 44.2 Å². The van der Waals surface area contributed by atoms with Gasteiger partial charge in [-0.25, -0.2) is 0 Å². The van der Waals surface area contributed by atoms with Crippen molar-refractivity contribution >= 4 is 11.5 Å². The van der Waals surface area contributed by atoms with Crippen molar-refractivity contribution in [3.05, 3.63) is 30.5 Å². The van der Waals surface area contributed by atoms with Crippen molar-refractivity contribution < 1.29 is 9.47 Å². The molecule has 1 heterocycles. The lowest BCUT2D eigenvalue weighted by Gasteiger charge is -2.09. The van der Waals surface area contributed by atoms with Crippen molar-refractivity contribution in [2.45, 2.75) is 25.7 Å². The highest BCUT2D eigenvalue weighted by atomic mass is 32.1. The van der Waals surface area contributed by atoms with Crippen molar-refractivity contribution in [1.29, 1.82) is 0 Å². The Hall–Kier alpha value is -1.46. The number of ether oxygens (including phenoxy) is 2. The van der Waals surface area contributed by atoms with Crippen LogP contribution in [0, 0.1) is 6.20 Å². The molecule has 0 atom stereocenters. The fourth-order valence-electron chi connectivity index (χ4n) is 1.92. The Morgan fingerprint density at radius 1 is 1.10 bits per heavy atom. The molecule has 2 rings (SSSR count). The van der Waals surface area contributed by atoms with Crippen molar-refractivity contribution in [3.63, 3.8) is 0 Å². The number of unbranched alkanes of at least 4 members (excludes halogenated alkanes) is 3. The number of aromatic nitrogens is 2. The zero-order valence-corrected chi connectivity index (χ0v) is 12.5. The van der Waals surface area contributed by atoms with Gasteiger partial charge in [0.05, 0.1) is 11.5 Å². The first-order chi connectivity index (χ1) is 9.92. The lowest BCUT2D eigenvalue weighted by molar-refractivity contribution is 0.191. The van der Waals surface area contributed by atoms with E-state index in [1.165, 1.54) is 24.4 Å². The van der Waals surface area contributed by atoms with Crippen LogP contribution < -0.4 is 4.74 Å². The van der Waals surface area contributed by atoms with Gasteiger partial charge in [0.2, 0.25) is 0 Å². The smallest absolute Gasteiger partial charge is 0.135 e. The van der Waals surface area contributed by atoms with E-state index in [4.69, 9.17) is 9.47 Å². The summed E-state index contributed by atoms with van der Waals surface area (Å²) < 4.78 is 14.7. The van der Waals surface area contributed by atoms with Crippen LogP contribution in [-0.4, -0.2) is 29.9 Å². The van der Waals surface area contributed by atoms with Crippen molar-refractivity contribution in [1.82, 2.24) is 9.59 Å². The molecule has 0 bridgehead atoms. The standard InChI is InChI=1S/C15H19N2O2S/c1-18-10-6-2-3-7-11-19-14-9-5-4-8-13(14)15-12-16-17-20-15/h4-5,8-9H,2-3,6-7,10-11H2,1H3. The van der Waals surface area contributed by atoms with E-state index < -0.39 is 0 Å². The van der Waals surface area contributed by atoms with Crippen molar-refractivity contribution in [2.24, 2.45) is 0 Å². The molecule has 20 heavy (non-hydrogen) atoms. The van der Waals surface area contributed by atoms with Crippen LogP contribution in [0.3, 0.4) is 0 Å². The van der Waals surface area contributed by atoms with Gasteiger partial charge in [0.1, 0.15) is 11.9 Å². The largest absolute Gasteiger partial charge is 0.493 e. The van der Waals surface area contributed by atoms with E-state index in [1.54, 1.807) is 7.11 Å². The number of methoxy groups -OCH3 is 1. The number of rotatable bonds is 9. The SMILES string of the molecule is COCCCCCCOc1ccccc1-c1[c]nns1. The maximum absolute atomic E-state index is 5.87. The molecular weight excluding hydrogens is 272 g/mol. The predicted octanol–water partition coefficient (Wildman–Crippen LogP) is 3.59. The number of para-hydroxylation sites is 1. The molecule has 5 heteroatoms. The summed E-state index contributed by atoms with van der Waals surface area (Å²) in [5.74, 6) is 0.881. The summed E-state index contributed by atoms with van der Waals surface area (Å²) in [5, 5.41) is 3.75. The van der Waals surface area contributed by atoms with E-state index in [2.05, 4.69) is 15.8 Å². The zero-order valence-electron chi connectivity index (χ0n) is 11.7. The van der Waals surface area contributed by atoms with Gasteiger partial charge in [-0.2, -0.15) is 0 Å². The average Bonchev–Trinajstić information content (AvgIpc) is 3.01. The van der Waals surface area contributed by atoms with Gasteiger partial charge >= 0.3 is 0 Å². The van der Waals surface area contributed by atoms with Crippen LogP contribution in [0.5, 0.6) is 5.75 Å². The van der Waals surface area contributed by atoms with E-state index >= 15 is 0 Å². The zero-order chi connectivity index (χ0) is 14.0. The third-order valence-electron chi connectivity index (χ3n) is 2.96. The van der Waals surface area contributed by atoms with E-state index in [-0.39, 0.29) is 0 Å². The van der Waals surface area contributed by atoms with Crippen LogP contribution in [0.2, 0.25) is 0 Å². The summed E-state index contributed by atoms with van der Waals surface area (Å²) in [5.41, 5.74) is 1.02. The lowest BCUT2D eigenvalue weighted by Crippen LogP contribution is -1.99. The first-order valence-electron chi connectivity index (χ1n) is 6.83. The quantitative estimate of drug-likeness (QED) is 0.662. The molecular formula is C15H19N2O2S. The third-order valence-corrected chi connectivity index (χ3v) is 3.61. The van der Waals surface area contributed by atoms with Gasteiger partial charge in [-0.05, 0) is 42.9 Å². The molecule has 0 fully saturated rings. The average molecular weight is 291 g/mol. The Labute approximate surface area is 123 Å². The van der Waals surface area contributed by atoms with E-state index in [0.717, 1.165) is 42.2 Å². The molecule has 0 aliphatic rings. The molecule has 1 aromatic heterocycles. The Kier molecular flexibility index (Phi) is 6.47. The molecule has 4 nitrogen and oxygen atoms in total.